The van der Waals surface area contributed by atoms with Gasteiger partial charge in [-0.3, -0.25) is 14.4 Å². The Morgan fingerprint density at radius 2 is 1.96 bits per heavy atom. The highest BCUT2D eigenvalue weighted by atomic mass is 32.1. The van der Waals surface area contributed by atoms with Crippen LogP contribution in [0.4, 0.5) is 5.69 Å². The fraction of sp³-hybridized carbons (Fsp3) is 0.350. The van der Waals surface area contributed by atoms with Crippen molar-refractivity contribution in [2.45, 2.75) is 27.2 Å². The number of rotatable bonds is 5. The van der Waals surface area contributed by atoms with Crippen molar-refractivity contribution in [1.29, 1.82) is 0 Å². The van der Waals surface area contributed by atoms with Crippen molar-refractivity contribution in [3.8, 4) is 0 Å². The van der Waals surface area contributed by atoms with Gasteiger partial charge in [-0.1, -0.05) is 12.1 Å². The maximum absolute atomic E-state index is 12.4. The zero-order valence-electron chi connectivity index (χ0n) is 15.1. The van der Waals surface area contributed by atoms with Gasteiger partial charge in [-0.25, -0.2) is 0 Å². The molecule has 136 valence electrons. The second-order valence-electron chi connectivity index (χ2n) is 6.57. The van der Waals surface area contributed by atoms with E-state index in [1.54, 1.807) is 11.0 Å². The summed E-state index contributed by atoms with van der Waals surface area (Å²) in [5, 5.41) is 0. The summed E-state index contributed by atoms with van der Waals surface area (Å²) in [4.78, 5) is 40.0. The molecule has 1 saturated heterocycles. The van der Waals surface area contributed by atoms with Gasteiger partial charge in [-0.05, 0) is 50.1 Å². The smallest absolute Gasteiger partial charge is 0.311 e. The number of Topliss-reactive ketones (excluding diaryl/α,β-unsaturated/α-hetero) is 1. The number of nitrogens with zero attached hydrogens (tertiary/aromatic N) is 1. The maximum atomic E-state index is 12.4. The fourth-order valence-electron chi connectivity index (χ4n) is 3.04. The number of ketones is 1. The molecular weight excluding hydrogens is 350 g/mol. The number of thiophene rings is 1. The van der Waals surface area contributed by atoms with Gasteiger partial charge >= 0.3 is 5.97 Å². The predicted molar refractivity (Wildman–Crippen MR) is 101 cm³/mol. The second-order valence-corrected chi connectivity index (χ2v) is 7.85. The molecule has 1 amide bonds. The Balaban J connectivity index is 1.62. The lowest BCUT2D eigenvalue weighted by atomic mass is 10.1. The van der Waals surface area contributed by atoms with E-state index in [1.807, 2.05) is 45.0 Å². The Bertz CT molecular complexity index is 870. The molecule has 1 aromatic heterocycles. The maximum Gasteiger partial charge on any atom is 0.311 e. The predicted octanol–water partition coefficient (Wildman–Crippen LogP) is 3.45. The van der Waals surface area contributed by atoms with Gasteiger partial charge in [-0.15, -0.1) is 11.3 Å². The van der Waals surface area contributed by atoms with Gasteiger partial charge in [0, 0.05) is 23.5 Å². The van der Waals surface area contributed by atoms with Crippen LogP contribution in [0.3, 0.4) is 0 Å². The number of hydrogen-bond acceptors (Lipinski definition) is 5. The molecule has 3 rings (SSSR count). The molecule has 0 radical (unpaired) electrons. The van der Waals surface area contributed by atoms with Gasteiger partial charge < -0.3 is 9.64 Å². The number of carbonyl (C=O) groups is 3. The number of ether oxygens (including phenoxy) is 1. The molecule has 5 nitrogen and oxygen atoms in total. The molecule has 0 unspecified atom stereocenters. The normalized spacial score (nSPS) is 16.8. The topological polar surface area (TPSA) is 63.7 Å². The molecule has 26 heavy (non-hydrogen) atoms. The lowest BCUT2D eigenvalue weighted by Gasteiger charge is -2.20. The van der Waals surface area contributed by atoms with Crippen LogP contribution in [-0.2, 0) is 14.3 Å². The first-order valence-electron chi connectivity index (χ1n) is 8.49. The van der Waals surface area contributed by atoms with Crippen molar-refractivity contribution in [2.75, 3.05) is 18.1 Å². The van der Waals surface area contributed by atoms with E-state index >= 15 is 0 Å². The van der Waals surface area contributed by atoms with Crippen molar-refractivity contribution in [1.82, 2.24) is 0 Å². The fourth-order valence-corrected chi connectivity index (χ4v) is 3.83. The Labute approximate surface area is 156 Å². The zero-order chi connectivity index (χ0) is 18.8. The average Bonchev–Trinajstić information content (AvgIpc) is 3.21. The first-order valence-corrected chi connectivity index (χ1v) is 9.31. The lowest BCUT2D eigenvalue weighted by Crippen LogP contribution is -2.27. The van der Waals surface area contributed by atoms with Crippen LogP contribution in [0.15, 0.2) is 30.3 Å². The largest absolute Gasteiger partial charge is 0.457 e. The number of esters is 1. The van der Waals surface area contributed by atoms with Crippen molar-refractivity contribution in [2.24, 2.45) is 5.92 Å². The highest BCUT2D eigenvalue weighted by Crippen LogP contribution is 2.30. The third-order valence-electron chi connectivity index (χ3n) is 4.69. The van der Waals surface area contributed by atoms with Crippen LogP contribution in [0, 0.1) is 26.7 Å². The molecule has 0 aliphatic carbocycles. The van der Waals surface area contributed by atoms with Gasteiger partial charge in [-0.2, -0.15) is 0 Å². The number of hydrogen-bond donors (Lipinski definition) is 0. The van der Waals surface area contributed by atoms with E-state index in [1.165, 1.54) is 11.3 Å². The summed E-state index contributed by atoms with van der Waals surface area (Å²) >= 11 is 1.38. The minimum atomic E-state index is -0.541. The first-order chi connectivity index (χ1) is 12.4. The SMILES string of the molecule is Cc1ccc(C(=O)COC(=O)[C@@H]2CC(=O)N(c3cccc(C)c3C)C2)s1. The number of amides is 1. The lowest BCUT2D eigenvalue weighted by molar-refractivity contribution is -0.147. The number of aryl methyl sites for hydroxylation is 2. The third kappa shape index (κ3) is 3.70. The molecule has 0 N–H and O–H groups in total. The summed E-state index contributed by atoms with van der Waals surface area (Å²) in [7, 11) is 0. The Morgan fingerprint density at radius 3 is 2.65 bits per heavy atom. The summed E-state index contributed by atoms with van der Waals surface area (Å²) < 4.78 is 5.18. The van der Waals surface area contributed by atoms with Gasteiger partial charge in [0.15, 0.2) is 6.61 Å². The van der Waals surface area contributed by atoms with Crippen molar-refractivity contribution in [3.63, 3.8) is 0 Å². The van der Waals surface area contributed by atoms with E-state index in [2.05, 4.69) is 0 Å². The summed E-state index contributed by atoms with van der Waals surface area (Å²) in [6.07, 6.45) is 0.110. The van der Waals surface area contributed by atoms with Gasteiger partial charge in [0.2, 0.25) is 11.7 Å². The van der Waals surface area contributed by atoms with E-state index in [4.69, 9.17) is 4.74 Å². The van der Waals surface area contributed by atoms with Gasteiger partial charge in [0.05, 0.1) is 10.8 Å². The monoisotopic (exact) mass is 371 g/mol. The Morgan fingerprint density at radius 1 is 1.19 bits per heavy atom. The summed E-state index contributed by atoms with van der Waals surface area (Å²) in [5.74, 6) is -1.35. The van der Waals surface area contributed by atoms with Crippen LogP contribution >= 0.6 is 11.3 Å². The van der Waals surface area contributed by atoms with Crippen LogP contribution in [0.1, 0.15) is 32.1 Å². The first kappa shape index (κ1) is 18.3. The number of carbonyl (C=O) groups excluding carboxylic acids is 3. The van der Waals surface area contributed by atoms with E-state index < -0.39 is 11.9 Å². The molecule has 1 aliphatic heterocycles. The van der Waals surface area contributed by atoms with Crippen molar-refractivity contribution < 1.29 is 19.1 Å². The molecule has 0 saturated carbocycles. The van der Waals surface area contributed by atoms with Crippen LogP contribution in [-0.4, -0.2) is 30.8 Å². The highest BCUT2D eigenvalue weighted by Gasteiger charge is 2.37. The average molecular weight is 371 g/mol. The minimum Gasteiger partial charge on any atom is -0.457 e. The molecule has 0 spiro atoms. The van der Waals surface area contributed by atoms with Crippen molar-refractivity contribution >= 4 is 34.7 Å². The van der Waals surface area contributed by atoms with Gasteiger partial charge in [0.1, 0.15) is 0 Å². The quantitative estimate of drug-likeness (QED) is 0.596. The van der Waals surface area contributed by atoms with E-state index in [9.17, 15) is 14.4 Å². The molecule has 1 atom stereocenters. The minimum absolute atomic E-state index is 0.0964. The molecular formula is C20H21NO4S. The number of anilines is 1. The molecule has 1 aliphatic rings. The second kappa shape index (κ2) is 7.41. The molecule has 2 aromatic rings. The van der Waals surface area contributed by atoms with Crippen LogP contribution < -0.4 is 4.90 Å². The summed E-state index contributed by atoms with van der Waals surface area (Å²) in [5.41, 5.74) is 2.95. The summed E-state index contributed by atoms with van der Waals surface area (Å²) in [6, 6.07) is 9.37. The van der Waals surface area contributed by atoms with Crippen LogP contribution in [0.25, 0.3) is 0 Å². The highest BCUT2D eigenvalue weighted by molar-refractivity contribution is 7.14. The number of benzene rings is 1. The third-order valence-corrected chi connectivity index (χ3v) is 5.73. The molecule has 2 heterocycles. The molecule has 1 aromatic carbocycles. The molecule has 0 bridgehead atoms. The Hall–Kier alpha value is -2.47. The Kier molecular flexibility index (Phi) is 5.23. The zero-order valence-corrected chi connectivity index (χ0v) is 15.9. The van der Waals surface area contributed by atoms with Crippen LogP contribution in [0.2, 0.25) is 0 Å². The molecule has 6 heteroatoms. The van der Waals surface area contributed by atoms with E-state index in [0.29, 0.717) is 4.88 Å². The van der Waals surface area contributed by atoms with Crippen molar-refractivity contribution in [3.05, 3.63) is 51.2 Å². The molecule has 1 fully saturated rings. The van der Waals surface area contributed by atoms with Gasteiger partial charge in [0.25, 0.3) is 0 Å². The van der Waals surface area contributed by atoms with Crippen LogP contribution in [0.5, 0.6) is 0 Å². The standard InChI is InChI=1S/C20H21NO4S/c1-12-5-4-6-16(14(12)3)21-10-15(9-19(21)23)20(24)25-11-17(22)18-8-7-13(2)26-18/h4-8,15H,9-11H2,1-3H3/t15-/m1/s1. The van der Waals surface area contributed by atoms with E-state index in [0.717, 1.165) is 21.7 Å². The summed E-state index contributed by atoms with van der Waals surface area (Å²) in [6.45, 7) is 5.87. The van der Waals surface area contributed by atoms with E-state index in [-0.39, 0.29) is 31.3 Å².